The molecule has 0 fully saturated rings. The van der Waals surface area contributed by atoms with Crippen molar-refractivity contribution in [2.24, 2.45) is 0 Å². The van der Waals surface area contributed by atoms with Crippen LogP contribution in [0.25, 0.3) is 11.6 Å². The highest BCUT2D eigenvalue weighted by molar-refractivity contribution is 7.99. The second kappa shape index (κ2) is 11.4. The number of carbonyl (C=O) groups is 1. The van der Waals surface area contributed by atoms with Crippen molar-refractivity contribution in [2.45, 2.75) is 31.8 Å². The minimum Gasteiger partial charge on any atom is -0.493 e. The molecule has 0 bridgehead atoms. The van der Waals surface area contributed by atoms with Gasteiger partial charge in [-0.25, -0.2) is 0 Å². The quantitative estimate of drug-likeness (QED) is 0.316. The number of hydrogen-bond acceptors (Lipinski definition) is 7. The summed E-state index contributed by atoms with van der Waals surface area (Å²) in [4.78, 5) is 12.4. The number of methoxy groups -OCH3 is 1. The lowest BCUT2D eigenvalue weighted by molar-refractivity contribution is -0.118. The molecule has 0 aliphatic heterocycles. The number of thioether (sulfide) groups is 1. The van der Waals surface area contributed by atoms with Gasteiger partial charge in [-0.1, -0.05) is 48.2 Å². The lowest BCUT2D eigenvalue weighted by Crippen LogP contribution is -2.24. The Morgan fingerprint density at radius 2 is 1.91 bits per heavy atom. The Bertz CT molecular complexity index is 1210. The molecule has 0 saturated carbocycles. The molecule has 0 aliphatic carbocycles. The molecule has 1 N–H and O–H groups in total. The van der Waals surface area contributed by atoms with Crippen molar-refractivity contribution in [3.63, 3.8) is 0 Å². The fraction of sp³-hybridized carbons (Fsp3) is 0.240. The summed E-state index contributed by atoms with van der Waals surface area (Å²) in [6.45, 7) is 3.51. The Kier molecular flexibility index (Phi) is 7.87. The standard InChI is InChI=1S/C25H26N4O4S/c1-3-29-24(21-10-7-13-32-21)27-28-25(29)34-17-23(30)26-15-19-11-12-20(22(14-19)31-2)33-16-18-8-5-4-6-9-18/h4-14H,3,15-17H2,1-2H3,(H,26,30). The van der Waals surface area contributed by atoms with E-state index in [9.17, 15) is 4.79 Å². The van der Waals surface area contributed by atoms with Gasteiger partial charge in [-0.05, 0) is 42.3 Å². The Labute approximate surface area is 202 Å². The van der Waals surface area contributed by atoms with Gasteiger partial charge in [-0.2, -0.15) is 0 Å². The molecule has 2 aromatic heterocycles. The van der Waals surface area contributed by atoms with Crippen LogP contribution in [0, 0.1) is 0 Å². The van der Waals surface area contributed by atoms with Gasteiger partial charge in [0.25, 0.3) is 0 Å². The summed E-state index contributed by atoms with van der Waals surface area (Å²) in [6.07, 6.45) is 1.60. The fourth-order valence-corrected chi connectivity index (χ4v) is 4.16. The molecule has 4 aromatic rings. The molecule has 0 atom stereocenters. The zero-order chi connectivity index (χ0) is 23.8. The van der Waals surface area contributed by atoms with E-state index in [1.165, 1.54) is 11.8 Å². The Morgan fingerprint density at radius 3 is 2.65 bits per heavy atom. The van der Waals surface area contributed by atoms with Crippen LogP contribution in [-0.4, -0.2) is 33.5 Å². The van der Waals surface area contributed by atoms with E-state index in [0.717, 1.165) is 11.1 Å². The maximum atomic E-state index is 12.4. The number of ether oxygens (including phenoxy) is 2. The molecule has 0 saturated heterocycles. The summed E-state index contributed by atoms with van der Waals surface area (Å²) in [5.74, 6) is 2.71. The van der Waals surface area contributed by atoms with Gasteiger partial charge in [0.2, 0.25) is 5.91 Å². The first kappa shape index (κ1) is 23.4. The van der Waals surface area contributed by atoms with Crippen LogP contribution < -0.4 is 14.8 Å². The second-order valence-electron chi connectivity index (χ2n) is 7.35. The highest BCUT2D eigenvalue weighted by atomic mass is 32.2. The van der Waals surface area contributed by atoms with Crippen LogP contribution in [0.1, 0.15) is 18.1 Å². The van der Waals surface area contributed by atoms with E-state index in [-0.39, 0.29) is 11.7 Å². The van der Waals surface area contributed by atoms with Crippen LogP contribution in [0.3, 0.4) is 0 Å². The van der Waals surface area contributed by atoms with Gasteiger partial charge in [0, 0.05) is 13.1 Å². The van der Waals surface area contributed by atoms with Gasteiger partial charge >= 0.3 is 0 Å². The number of furan rings is 1. The van der Waals surface area contributed by atoms with Gasteiger partial charge in [0.15, 0.2) is 28.2 Å². The number of hydrogen-bond donors (Lipinski definition) is 1. The molecular formula is C25H26N4O4S. The molecule has 0 aliphatic rings. The molecule has 176 valence electrons. The van der Waals surface area contributed by atoms with Gasteiger partial charge in [0.05, 0.1) is 19.1 Å². The summed E-state index contributed by atoms with van der Waals surface area (Å²) in [6, 6.07) is 19.2. The summed E-state index contributed by atoms with van der Waals surface area (Å²) in [5.41, 5.74) is 1.99. The molecule has 34 heavy (non-hydrogen) atoms. The SMILES string of the molecule is CCn1c(SCC(=O)NCc2ccc(OCc3ccccc3)c(OC)c2)nnc1-c1ccco1. The molecule has 1 amide bonds. The van der Waals surface area contributed by atoms with E-state index in [1.807, 2.05) is 66.1 Å². The first-order chi connectivity index (χ1) is 16.7. The van der Waals surface area contributed by atoms with Crippen molar-refractivity contribution in [2.75, 3.05) is 12.9 Å². The normalized spacial score (nSPS) is 10.8. The average Bonchev–Trinajstić information content (AvgIpc) is 3.55. The van der Waals surface area contributed by atoms with Crippen molar-refractivity contribution in [1.82, 2.24) is 20.1 Å². The number of amides is 1. The number of rotatable bonds is 11. The highest BCUT2D eigenvalue weighted by Gasteiger charge is 2.16. The number of carbonyl (C=O) groups excluding carboxylic acids is 1. The zero-order valence-electron chi connectivity index (χ0n) is 19.1. The number of aromatic nitrogens is 3. The minimum atomic E-state index is -0.0985. The van der Waals surface area contributed by atoms with Gasteiger partial charge in [0.1, 0.15) is 6.61 Å². The summed E-state index contributed by atoms with van der Waals surface area (Å²) >= 11 is 1.34. The number of nitrogens with zero attached hydrogens (tertiary/aromatic N) is 3. The molecule has 4 rings (SSSR count). The Hall–Kier alpha value is -3.72. The summed E-state index contributed by atoms with van der Waals surface area (Å²) < 4.78 is 18.7. The third-order valence-electron chi connectivity index (χ3n) is 5.06. The molecule has 0 unspecified atom stereocenters. The number of nitrogens with one attached hydrogen (secondary N) is 1. The maximum absolute atomic E-state index is 12.4. The predicted octanol–water partition coefficient (Wildman–Crippen LogP) is 4.55. The van der Waals surface area contributed by atoms with E-state index in [2.05, 4.69) is 15.5 Å². The predicted molar refractivity (Wildman–Crippen MR) is 130 cm³/mol. The smallest absolute Gasteiger partial charge is 0.230 e. The monoisotopic (exact) mass is 478 g/mol. The van der Waals surface area contributed by atoms with E-state index >= 15 is 0 Å². The van der Waals surface area contributed by atoms with E-state index < -0.39 is 0 Å². The first-order valence-corrected chi connectivity index (χ1v) is 11.9. The minimum absolute atomic E-state index is 0.0985. The van der Waals surface area contributed by atoms with Crippen LogP contribution in [-0.2, 0) is 24.5 Å². The third-order valence-corrected chi connectivity index (χ3v) is 6.03. The highest BCUT2D eigenvalue weighted by Crippen LogP contribution is 2.29. The van der Waals surface area contributed by atoms with Crippen LogP contribution in [0.2, 0.25) is 0 Å². The summed E-state index contributed by atoms with van der Waals surface area (Å²) in [5, 5.41) is 12.0. The van der Waals surface area contributed by atoms with Gasteiger partial charge in [-0.3, -0.25) is 9.36 Å². The summed E-state index contributed by atoms with van der Waals surface area (Å²) in [7, 11) is 1.60. The van der Waals surface area contributed by atoms with E-state index in [1.54, 1.807) is 19.4 Å². The fourth-order valence-electron chi connectivity index (χ4n) is 3.33. The molecule has 2 aromatic carbocycles. The first-order valence-electron chi connectivity index (χ1n) is 10.9. The largest absolute Gasteiger partial charge is 0.493 e. The van der Waals surface area contributed by atoms with Crippen LogP contribution in [0.15, 0.2) is 76.5 Å². The maximum Gasteiger partial charge on any atom is 0.230 e. The lowest BCUT2D eigenvalue weighted by Gasteiger charge is -2.13. The van der Waals surface area contributed by atoms with E-state index in [0.29, 0.717) is 47.9 Å². The van der Waals surface area contributed by atoms with Crippen LogP contribution in [0.4, 0.5) is 0 Å². The molecular weight excluding hydrogens is 452 g/mol. The molecule has 0 radical (unpaired) electrons. The van der Waals surface area contributed by atoms with Crippen molar-refractivity contribution in [3.05, 3.63) is 78.1 Å². The van der Waals surface area contributed by atoms with Crippen molar-refractivity contribution < 1.29 is 18.7 Å². The van der Waals surface area contributed by atoms with Crippen molar-refractivity contribution in [3.8, 4) is 23.1 Å². The van der Waals surface area contributed by atoms with Crippen molar-refractivity contribution >= 4 is 17.7 Å². The van der Waals surface area contributed by atoms with E-state index in [4.69, 9.17) is 13.9 Å². The second-order valence-corrected chi connectivity index (χ2v) is 8.30. The Balaban J connectivity index is 1.30. The van der Waals surface area contributed by atoms with Crippen molar-refractivity contribution in [1.29, 1.82) is 0 Å². The van der Waals surface area contributed by atoms with Crippen LogP contribution in [0.5, 0.6) is 11.5 Å². The zero-order valence-corrected chi connectivity index (χ0v) is 19.9. The molecule has 2 heterocycles. The molecule has 8 nitrogen and oxygen atoms in total. The lowest BCUT2D eigenvalue weighted by atomic mass is 10.2. The number of benzene rings is 2. The van der Waals surface area contributed by atoms with Gasteiger partial charge < -0.3 is 19.2 Å². The van der Waals surface area contributed by atoms with Crippen LogP contribution >= 0.6 is 11.8 Å². The Morgan fingerprint density at radius 1 is 1.06 bits per heavy atom. The molecule has 0 spiro atoms. The van der Waals surface area contributed by atoms with Gasteiger partial charge in [-0.15, -0.1) is 10.2 Å². The third kappa shape index (κ3) is 5.79. The molecule has 9 heteroatoms. The average molecular weight is 479 g/mol. The topological polar surface area (TPSA) is 91.4 Å².